The quantitative estimate of drug-likeness (QED) is 0.215. The van der Waals surface area contributed by atoms with Crippen LogP contribution in [-0.2, 0) is 26.2 Å². The van der Waals surface area contributed by atoms with E-state index in [4.69, 9.17) is 25.8 Å². The van der Waals surface area contributed by atoms with E-state index in [1.165, 1.54) is 0 Å². The molecule has 0 aliphatic heterocycles. The molecule has 0 aliphatic rings. The van der Waals surface area contributed by atoms with Crippen LogP contribution in [0.5, 0.6) is 0 Å². The lowest BCUT2D eigenvalue weighted by Gasteiger charge is -2.19. The Kier molecular flexibility index (Phi) is 8.34. The Morgan fingerprint density at radius 1 is 1.22 bits per heavy atom. The first kappa shape index (κ1) is 25.3. The zero-order chi connectivity index (χ0) is 24.1. The van der Waals surface area contributed by atoms with Gasteiger partial charge in [-0.1, -0.05) is 56.6 Å². The van der Waals surface area contributed by atoms with Gasteiger partial charge >= 0.3 is 6.16 Å². The molecule has 32 heavy (non-hydrogen) atoms. The molecule has 0 bridgehead atoms. The minimum absolute atomic E-state index is 0.0275. The van der Waals surface area contributed by atoms with Crippen LogP contribution in [0.15, 0.2) is 24.3 Å². The van der Waals surface area contributed by atoms with Gasteiger partial charge in [-0.25, -0.2) is 4.79 Å². The van der Waals surface area contributed by atoms with Gasteiger partial charge in [-0.15, -0.1) is 0 Å². The number of carbonyl (C=O) groups excluding carboxylic acids is 1. The molecule has 0 spiro atoms. The van der Waals surface area contributed by atoms with Crippen molar-refractivity contribution in [1.82, 2.24) is 9.78 Å². The molecule has 0 N–H and O–H groups in total. The predicted molar refractivity (Wildman–Crippen MR) is 124 cm³/mol. The second-order valence-electron chi connectivity index (χ2n) is 8.53. The number of aromatic nitrogens is 2. The van der Waals surface area contributed by atoms with E-state index in [0.29, 0.717) is 28.5 Å². The molecular formula is C24H30ClN3O4. The van der Waals surface area contributed by atoms with Crippen LogP contribution in [0.25, 0.3) is 11.3 Å². The van der Waals surface area contributed by atoms with E-state index in [0.717, 1.165) is 5.56 Å². The second-order valence-corrected chi connectivity index (χ2v) is 8.91. The van der Waals surface area contributed by atoms with E-state index in [1.807, 2.05) is 31.2 Å². The molecule has 0 aliphatic carbocycles. The van der Waals surface area contributed by atoms with E-state index in [1.54, 1.807) is 25.5 Å². The van der Waals surface area contributed by atoms with Crippen LogP contribution >= 0.6 is 11.6 Å². The second kappa shape index (κ2) is 10.6. The summed E-state index contributed by atoms with van der Waals surface area (Å²) >= 11 is 6.53. The van der Waals surface area contributed by atoms with Crippen molar-refractivity contribution in [3.05, 3.63) is 51.8 Å². The van der Waals surface area contributed by atoms with Crippen molar-refractivity contribution in [3.8, 4) is 6.07 Å². The fourth-order valence-corrected chi connectivity index (χ4v) is 3.23. The van der Waals surface area contributed by atoms with Crippen molar-refractivity contribution in [2.24, 2.45) is 0 Å². The first-order valence-corrected chi connectivity index (χ1v) is 10.8. The van der Waals surface area contributed by atoms with Gasteiger partial charge in [-0.05, 0) is 44.2 Å². The third kappa shape index (κ3) is 6.04. The molecule has 0 unspecified atom stereocenters. The first-order chi connectivity index (χ1) is 15.0. The number of benzene rings is 1. The maximum Gasteiger partial charge on any atom is 0.511 e. The Balaban J connectivity index is 2.54. The number of nitrogens with zero attached hydrogens (tertiary/aromatic N) is 3. The van der Waals surface area contributed by atoms with Crippen LogP contribution in [0.4, 0.5) is 4.79 Å². The predicted octanol–water partition coefficient (Wildman–Crippen LogP) is 6.09. The third-order valence-corrected chi connectivity index (χ3v) is 5.11. The van der Waals surface area contributed by atoms with Crippen LogP contribution < -0.4 is 0 Å². The van der Waals surface area contributed by atoms with E-state index in [-0.39, 0.29) is 22.9 Å². The normalized spacial score (nSPS) is 12.2. The van der Waals surface area contributed by atoms with Crippen molar-refractivity contribution in [1.29, 1.82) is 5.26 Å². The van der Waals surface area contributed by atoms with Crippen LogP contribution in [0.3, 0.4) is 0 Å². The Hall–Kier alpha value is -2.98. The molecule has 2 aromatic rings. The summed E-state index contributed by atoms with van der Waals surface area (Å²) in [5, 5.41) is 14.8. The molecule has 0 radical (unpaired) electrons. The Labute approximate surface area is 194 Å². The van der Waals surface area contributed by atoms with Crippen LogP contribution in [0.1, 0.15) is 64.1 Å². The largest absolute Gasteiger partial charge is 0.511 e. The molecule has 0 saturated heterocycles. The van der Waals surface area contributed by atoms with Crippen molar-refractivity contribution >= 4 is 29.1 Å². The Bertz CT molecular complexity index is 1030. The molecular weight excluding hydrogens is 430 g/mol. The lowest BCUT2D eigenvalue weighted by Crippen LogP contribution is -2.15. The molecule has 1 heterocycles. The monoisotopic (exact) mass is 459 g/mol. The average Bonchev–Trinajstić information content (AvgIpc) is 3.00. The van der Waals surface area contributed by atoms with Crippen LogP contribution in [0.2, 0.25) is 5.02 Å². The molecule has 7 nitrogen and oxygen atoms in total. The summed E-state index contributed by atoms with van der Waals surface area (Å²) in [6.45, 7) is 13.5. The highest BCUT2D eigenvalue weighted by Crippen LogP contribution is 2.34. The number of rotatable bonds is 7. The topological polar surface area (TPSA) is 86.4 Å². The van der Waals surface area contributed by atoms with Gasteiger partial charge in [0.25, 0.3) is 0 Å². The number of hydrogen-bond donors (Lipinski definition) is 0. The molecule has 0 atom stereocenters. The summed E-state index contributed by atoms with van der Waals surface area (Å²) in [6, 6.07) is 9.90. The maximum absolute atomic E-state index is 11.8. The lowest BCUT2D eigenvalue weighted by atomic mass is 9.86. The summed E-state index contributed by atoms with van der Waals surface area (Å²) in [4.78, 5) is 11.8. The summed E-state index contributed by atoms with van der Waals surface area (Å²) in [5.74, 6) is 0.181. The van der Waals surface area contributed by atoms with Gasteiger partial charge in [0.2, 0.25) is 6.79 Å². The SMILES string of the molecule is CCn1nc(C)c(Cl)c1/C(OCOC(=O)OC(C)C)=C(\C#N)c1ccc(C(C)(C)C)cc1. The number of nitriles is 1. The van der Waals surface area contributed by atoms with Crippen molar-refractivity contribution < 1.29 is 19.0 Å². The first-order valence-electron chi connectivity index (χ1n) is 10.4. The Morgan fingerprint density at radius 2 is 1.84 bits per heavy atom. The maximum atomic E-state index is 11.8. The number of halogens is 1. The van der Waals surface area contributed by atoms with Crippen molar-refractivity contribution in [2.75, 3.05) is 6.79 Å². The minimum Gasteiger partial charge on any atom is -0.453 e. The molecule has 2 rings (SSSR count). The van der Waals surface area contributed by atoms with Gasteiger partial charge in [0.15, 0.2) is 5.76 Å². The van der Waals surface area contributed by atoms with Gasteiger partial charge in [-0.3, -0.25) is 4.68 Å². The lowest BCUT2D eigenvalue weighted by molar-refractivity contribution is -0.0171. The standard InChI is InChI=1S/C24H30ClN3O4/c1-8-28-21(20(25)16(4)27-28)22(30-14-31-23(29)32-15(2)3)19(13-26)17-9-11-18(12-10-17)24(5,6)7/h9-12,15H,8,14H2,1-7H3/b22-19-. The van der Waals surface area contributed by atoms with Gasteiger partial charge in [0.1, 0.15) is 17.3 Å². The smallest absolute Gasteiger partial charge is 0.453 e. The van der Waals surface area contributed by atoms with Gasteiger partial charge in [0.05, 0.1) is 16.8 Å². The van der Waals surface area contributed by atoms with E-state index in [9.17, 15) is 10.1 Å². The van der Waals surface area contributed by atoms with E-state index in [2.05, 4.69) is 31.9 Å². The highest BCUT2D eigenvalue weighted by molar-refractivity contribution is 6.33. The number of allylic oxidation sites excluding steroid dienone is 1. The number of hydrogen-bond acceptors (Lipinski definition) is 6. The van der Waals surface area contributed by atoms with Gasteiger partial charge < -0.3 is 14.2 Å². The summed E-state index contributed by atoms with van der Waals surface area (Å²) in [7, 11) is 0. The van der Waals surface area contributed by atoms with E-state index < -0.39 is 12.9 Å². The molecule has 0 saturated carbocycles. The van der Waals surface area contributed by atoms with Gasteiger partial charge in [-0.2, -0.15) is 10.4 Å². The zero-order valence-electron chi connectivity index (χ0n) is 19.7. The fourth-order valence-electron chi connectivity index (χ4n) is 3.01. The summed E-state index contributed by atoms with van der Waals surface area (Å²) in [6.07, 6.45) is -1.19. The molecule has 1 aromatic carbocycles. The summed E-state index contributed by atoms with van der Waals surface area (Å²) < 4.78 is 17.4. The molecule has 8 heteroatoms. The summed E-state index contributed by atoms with van der Waals surface area (Å²) in [5.41, 5.74) is 3.06. The molecule has 0 amide bonds. The van der Waals surface area contributed by atoms with Gasteiger partial charge in [0, 0.05) is 6.54 Å². The fraction of sp³-hybridized carbons (Fsp3) is 0.458. The number of carbonyl (C=O) groups is 1. The minimum atomic E-state index is -0.862. The number of ether oxygens (including phenoxy) is 3. The number of aryl methyl sites for hydroxylation is 2. The van der Waals surface area contributed by atoms with E-state index >= 15 is 0 Å². The van der Waals surface area contributed by atoms with Crippen LogP contribution in [-0.4, -0.2) is 28.8 Å². The zero-order valence-corrected chi connectivity index (χ0v) is 20.4. The van der Waals surface area contributed by atoms with Crippen molar-refractivity contribution in [3.63, 3.8) is 0 Å². The molecule has 0 fully saturated rings. The molecule has 1 aromatic heterocycles. The molecule has 172 valence electrons. The average molecular weight is 460 g/mol. The van der Waals surface area contributed by atoms with Crippen LogP contribution in [0, 0.1) is 18.3 Å². The third-order valence-electron chi connectivity index (χ3n) is 4.66. The Morgan fingerprint density at radius 3 is 2.34 bits per heavy atom. The highest BCUT2D eigenvalue weighted by Gasteiger charge is 2.24. The highest BCUT2D eigenvalue weighted by atomic mass is 35.5. The van der Waals surface area contributed by atoms with Crippen molar-refractivity contribution in [2.45, 2.75) is 66.5 Å².